The first-order valence-electron chi connectivity index (χ1n) is 9.62. The van der Waals surface area contributed by atoms with Crippen molar-refractivity contribution in [3.63, 3.8) is 0 Å². The van der Waals surface area contributed by atoms with Gasteiger partial charge in [-0.3, -0.25) is 9.36 Å². The zero-order chi connectivity index (χ0) is 19.5. The van der Waals surface area contributed by atoms with E-state index in [-0.39, 0.29) is 17.7 Å². The number of hydrogen-bond acceptors (Lipinski definition) is 5. The van der Waals surface area contributed by atoms with Crippen molar-refractivity contribution in [2.75, 3.05) is 0 Å². The molecule has 6 heteroatoms. The third kappa shape index (κ3) is 2.45. The van der Waals surface area contributed by atoms with Crippen molar-refractivity contribution in [2.24, 2.45) is 0 Å². The molecule has 0 saturated carbocycles. The molecule has 2 aromatic carbocycles. The van der Waals surface area contributed by atoms with E-state index in [9.17, 15) is 9.59 Å². The zero-order valence-electron chi connectivity index (χ0n) is 15.5. The van der Waals surface area contributed by atoms with Crippen LogP contribution in [0.4, 0.5) is 0 Å². The Labute approximate surface area is 164 Å². The van der Waals surface area contributed by atoms with E-state index in [0.29, 0.717) is 16.7 Å². The molecule has 0 fully saturated rings. The highest BCUT2D eigenvalue weighted by atomic mass is 16.4. The molecule has 0 N–H and O–H groups in total. The van der Waals surface area contributed by atoms with Gasteiger partial charge in [0.1, 0.15) is 16.7 Å². The Hall–Kier alpha value is -3.67. The second kappa shape index (κ2) is 5.91. The van der Waals surface area contributed by atoms with Crippen LogP contribution in [0, 0.1) is 0 Å². The molecular formula is C23H16N2O4. The number of aryl methyl sites for hydroxylation is 2. The van der Waals surface area contributed by atoms with Crippen molar-refractivity contribution in [1.29, 1.82) is 0 Å². The molecule has 0 amide bonds. The summed E-state index contributed by atoms with van der Waals surface area (Å²) in [5, 5.41) is 1.68. The third-order valence-corrected chi connectivity index (χ3v) is 5.73. The monoisotopic (exact) mass is 384 g/mol. The molecule has 0 unspecified atom stereocenters. The van der Waals surface area contributed by atoms with E-state index in [0.717, 1.165) is 35.6 Å². The lowest BCUT2D eigenvalue weighted by atomic mass is 10.0. The summed E-state index contributed by atoms with van der Waals surface area (Å²) in [6.07, 6.45) is 4.65. The SMILES string of the molecule is O=c1cc(Cn2cnc3c(oc4ccccc43)c2=O)c2cc3c(cc2o1)CCC3. The maximum absolute atomic E-state index is 13.0. The lowest BCUT2D eigenvalue weighted by Gasteiger charge is -2.09. The van der Waals surface area contributed by atoms with Crippen LogP contribution < -0.4 is 11.2 Å². The first-order chi connectivity index (χ1) is 14.2. The van der Waals surface area contributed by atoms with Gasteiger partial charge in [-0.1, -0.05) is 12.1 Å². The lowest BCUT2D eigenvalue weighted by molar-refractivity contribution is 0.556. The molecule has 29 heavy (non-hydrogen) atoms. The third-order valence-electron chi connectivity index (χ3n) is 5.73. The van der Waals surface area contributed by atoms with Crippen LogP contribution in [0.25, 0.3) is 33.0 Å². The van der Waals surface area contributed by atoms with Crippen LogP contribution in [0.3, 0.4) is 0 Å². The maximum Gasteiger partial charge on any atom is 0.336 e. The Morgan fingerprint density at radius 3 is 2.66 bits per heavy atom. The number of nitrogens with zero attached hydrogens (tertiary/aromatic N) is 2. The smallest absolute Gasteiger partial charge is 0.336 e. The summed E-state index contributed by atoms with van der Waals surface area (Å²) in [7, 11) is 0. The summed E-state index contributed by atoms with van der Waals surface area (Å²) in [6.45, 7) is 0.222. The molecule has 0 atom stereocenters. The number of benzene rings is 2. The van der Waals surface area contributed by atoms with Crippen LogP contribution in [0.5, 0.6) is 0 Å². The fourth-order valence-electron chi connectivity index (χ4n) is 4.34. The van der Waals surface area contributed by atoms with Crippen molar-refractivity contribution >= 4 is 33.0 Å². The van der Waals surface area contributed by atoms with Gasteiger partial charge in [-0.05, 0) is 60.2 Å². The topological polar surface area (TPSA) is 78.2 Å². The summed E-state index contributed by atoms with van der Waals surface area (Å²) in [6, 6.07) is 13.0. The Morgan fingerprint density at radius 2 is 1.76 bits per heavy atom. The van der Waals surface area contributed by atoms with Gasteiger partial charge in [0, 0.05) is 16.8 Å². The van der Waals surface area contributed by atoms with Gasteiger partial charge in [0.15, 0.2) is 0 Å². The summed E-state index contributed by atoms with van der Waals surface area (Å²) in [5.74, 6) is 0. The highest BCUT2D eigenvalue weighted by Crippen LogP contribution is 2.29. The molecule has 0 aliphatic heterocycles. The molecule has 0 spiro atoms. The molecule has 6 nitrogen and oxygen atoms in total. The number of rotatable bonds is 2. The standard InChI is InChI=1S/C23H16N2O4/c26-20-10-15(17-8-13-4-3-5-14(13)9-19(17)28-20)11-25-12-24-21-16-6-1-2-7-18(16)29-22(21)23(25)27/h1-2,6-10,12H,3-5,11H2. The second-order valence-corrected chi connectivity index (χ2v) is 7.51. The largest absolute Gasteiger partial charge is 0.448 e. The average molecular weight is 384 g/mol. The van der Waals surface area contributed by atoms with Crippen molar-refractivity contribution < 1.29 is 8.83 Å². The Morgan fingerprint density at radius 1 is 0.931 bits per heavy atom. The number of aromatic nitrogens is 2. The molecule has 0 radical (unpaired) electrons. The molecule has 3 heterocycles. The van der Waals surface area contributed by atoms with E-state index in [1.807, 2.05) is 30.3 Å². The van der Waals surface area contributed by atoms with Crippen molar-refractivity contribution in [1.82, 2.24) is 9.55 Å². The number of hydrogen-bond donors (Lipinski definition) is 0. The van der Waals surface area contributed by atoms with E-state index in [4.69, 9.17) is 8.83 Å². The molecule has 6 rings (SSSR count). The Bertz CT molecular complexity index is 1560. The molecule has 1 aliphatic rings. The molecule has 5 aromatic rings. The van der Waals surface area contributed by atoms with E-state index in [1.54, 1.807) is 0 Å². The van der Waals surface area contributed by atoms with Gasteiger partial charge >= 0.3 is 5.63 Å². The second-order valence-electron chi connectivity index (χ2n) is 7.51. The predicted molar refractivity (Wildman–Crippen MR) is 109 cm³/mol. The van der Waals surface area contributed by atoms with Gasteiger partial charge < -0.3 is 8.83 Å². The highest BCUT2D eigenvalue weighted by Gasteiger charge is 2.17. The molecule has 3 aromatic heterocycles. The van der Waals surface area contributed by atoms with E-state index >= 15 is 0 Å². The Balaban J connectivity index is 1.54. The van der Waals surface area contributed by atoms with Crippen LogP contribution in [-0.4, -0.2) is 9.55 Å². The number of furan rings is 1. The predicted octanol–water partition coefficient (Wildman–Crippen LogP) is 3.79. The minimum Gasteiger partial charge on any atom is -0.448 e. The summed E-state index contributed by atoms with van der Waals surface area (Å²) in [4.78, 5) is 29.6. The van der Waals surface area contributed by atoms with Gasteiger partial charge in [-0.15, -0.1) is 0 Å². The first-order valence-corrected chi connectivity index (χ1v) is 9.62. The molecular weight excluding hydrogens is 368 g/mol. The van der Waals surface area contributed by atoms with Crippen molar-refractivity contribution in [3.05, 3.63) is 86.3 Å². The quantitative estimate of drug-likeness (QED) is 0.433. The first kappa shape index (κ1) is 16.3. The minimum absolute atomic E-state index is 0.222. The van der Waals surface area contributed by atoms with Crippen molar-refractivity contribution in [2.45, 2.75) is 25.8 Å². The van der Waals surface area contributed by atoms with Crippen LogP contribution in [-0.2, 0) is 19.4 Å². The summed E-state index contributed by atoms with van der Waals surface area (Å²) >= 11 is 0. The zero-order valence-corrected chi connectivity index (χ0v) is 15.5. The average Bonchev–Trinajstić information content (AvgIpc) is 3.32. The van der Waals surface area contributed by atoms with Gasteiger partial charge in [0.2, 0.25) is 5.58 Å². The van der Waals surface area contributed by atoms with E-state index < -0.39 is 5.63 Å². The van der Waals surface area contributed by atoms with E-state index in [2.05, 4.69) is 11.1 Å². The molecule has 142 valence electrons. The van der Waals surface area contributed by atoms with Crippen LogP contribution in [0.15, 0.2) is 67.2 Å². The summed E-state index contributed by atoms with van der Waals surface area (Å²) < 4.78 is 12.7. The maximum atomic E-state index is 13.0. The van der Waals surface area contributed by atoms with Crippen LogP contribution in [0.2, 0.25) is 0 Å². The molecule has 1 aliphatic carbocycles. The van der Waals surface area contributed by atoms with Crippen LogP contribution in [0.1, 0.15) is 23.1 Å². The number of para-hydroxylation sites is 1. The van der Waals surface area contributed by atoms with Crippen molar-refractivity contribution in [3.8, 4) is 0 Å². The van der Waals surface area contributed by atoms with E-state index in [1.165, 1.54) is 28.1 Å². The Kier molecular flexibility index (Phi) is 3.32. The van der Waals surface area contributed by atoms with Gasteiger partial charge in [0.05, 0.1) is 12.9 Å². The molecule has 0 bridgehead atoms. The normalized spacial score (nSPS) is 13.5. The molecule has 0 saturated heterocycles. The van der Waals surface area contributed by atoms with Gasteiger partial charge in [0.25, 0.3) is 5.56 Å². The minimum atomic E-state index is -0.420. The fraction of sp³-hybridized carbons (Fsp3) is 0.174. The van der Waals surface area contributed by atoms with Gasteiger partial charge in [-0.2, -0.15) is 0 Å². The van der Waals surface area contributed by atoms with Crippen LogP contribution >= 0.6 is 0 Å². The summed E-state index contributed by atoms with van der Waals surface area (Å²) in [5.41, 5.74) is 4.55. The fourth-order valence-corrected chi connectivity index (χ4v) is 4.34. The lowest BCUT2D eigenvalue weighted by Crippen LogP contribution is -2.21. The van der Waals surface area contributed by atoms with Gasteiger partial charge in [-0.25, -0.2) is 9.78 Å². The number of fused-ring (bicyclic) bond motifs is 5. The highest BCUT2D eigenvalue weighted by molar-refractivity contribution is 6.01.